The number of para-hydroxylation sites is 1. The molecule has 0 saturated carbocycles. The van der Waals surface area contributed by atoms with Crippen molar-refractivity contribution in [1.29, 1.82) is 0 Å². The summed E-state index contributed by atoms with van der Waals surface area (Å²) < 4.78 is 13.2. The first kappa shape index (κ1) is 7.59. The molecule has 0 spiro atoms. The minimum Gasteiger partial charge on any atom is -0.382 e. The first-order valence-corrected chi connectivity index (χ1v) is 4.39. The quantitative estimate of drug-likeness (QED) is 0.623. The van der Waals surface area contributed by atoms with E-state index in [9.17, 15) is 4.39 Å². The van der Waals surface area contributed by atoms with Gasteiger partial charge in [0.1, 0.15) is 5.82 Å². The largest absolute Gasteiger partial charge is 0.382 e. The highest BCUT2D eigenvalue weighted by Crippen LogP contribution is 2.23. The molecule has 0 saturated heterocycles. The van der Waals surface area contributed by atoms with Crippen molar-refractivity contribution in [2.45, 2.75) is 19.3 Å². The van der Waals surface area contributed by atoms with Gasteiger partial charge < -0.3 is 5.32 Å². The normalized spacial score (nSPS) is 16.1. The maximum Gasteiger partial charge on any atom is 0.146 e. The third kappa shape index (κ3) is 1.29. The number of hydrogen-bond donors (Lipinski definition) is 1. The fraction of sp³-hybridized carbons (Fsp3) is 0.400. The van der Waals surface area contributed by atoms with Crippen LogP contribution in [0.25, 0.3) is 0 Å². The number of fused-ring (bicyclic) bond motifs is 1. The summed E-state index contributed by atoms with van der Waals surface area (Å²) in [7, 11) is 0. The zero-order valence-electron chi connectivity index (χ0n) is 6.94. The Morgan fingerprint density at radius 2 is 2.17 bits per heavy atom. The van der Waals surface area contributed by atoms with Crippen molar-refractivity contribution in [2.24, 2.45) is 0 Å². The molecule has 0 aromatic heterocycles. The molecule has 1 aliphatic heterocycles. The van der Waals surface area contributed by atoms with Gasteiger partial charge in [-0.25, -0.2) is 4.39 Å². The molecule has 0 atom stereocenters. The highest BCUT2D eigenvalue weighted by atomic mass is 19.1. The van der Waals surface area contributed by atoms with Crippen LogP contribution in [-0.2, 0) is 6.42 Å². The van der Waals surface area contributed by atoms with Crippen LogP contribution in [0.2, 0.25) is 0 Å². The van der Waals surface area contributed by atoms with Crippen LogP contribution in [-0.4, -0.2) is 6.54 Å². The Morgan fingerprint density at radius 3 is 3.08 bits per heavy atom. The van der Waals surface area contributed by atoms with Crippen molar-refractivity contribution in [3.63, 3.8) is 0 Å². The SMILES string of the molecule is Fc1cccc2c1NCCCC2. The van der Waals surface area contributed by atoms with Crippen LogP contribution in [0, 0.1) is 5.82 Å². The standard InChI is InChI=1S/C10H12FN/c11-9-6-3-5-8-4-1-2-7-12-10(8)9/h3,5-6,12H,1-2,4,7H2. The summed E-state index contributed by atoms with van der Waals surface area (Å²) in [6.45, 7) is 0.897. The van der Waals surface area contributed by atoms with Gasteiger partial charge in [0.15, 0.2) is 0 Å². The maximum atomic E-state index is 13.2. The van der Waals surface area contributed by atoms with Crippen LogP contribution in [0.3, 0.4) is 0 Å². The van der Waals surface area contributed by atoms with Crippen LogP contribution in [0.15, 0.2) is 18.2 Å². The Kier molecular flexibility index (Phi) is 1.98. The van der Waals surface area contributed by atoms with Crippen molar-refractivity contribution in [3.8, 4) is 0 Å². The second-order valence-corrected chi connectivity index (χ2v) is 3.16. The Hall–Kier alpha value is -1.05. The molecular weight excluding hydrogens is 153 g/mol. The number of anilines is 1. The summed E-state index contributed by atoms with van der Waals surface area (Å²) in [5, 5.41) is 3.12. The molecular formula is C10H12FN. The minimum atomic E-state index is -0.116. The lowest BCUT2D eigenvalue weighted by molar-refractivity contribution is 0.629. The number of hydrogen-bond acceptors (Lipinski definition) is 1. The van der Waals surface area contributed by atoms with E-state index in [-0.39, 0.29) is 5.82 Å². The van der Waals surface area contributed by atoms with E-state index >= 15 is 0 Å². The summed E-state index contributed by atoms with van der Waals surface area (Å²) in [4.78, 5) is 0. The highest BCUT2D eigenvalue weighted by molar-refractivity contribution is 5.53. The van der Waals surface area contributed by atoms with E-state index in [1.165, 1.54) is 6.07 Å². The van der Waals surface area contributed by atoms with Crippen LogP contribution in [0.5, 0.6) is 0 Å². The van der Waals surface area contributed by atoms with Crippen molar-refractivity contribution >= 4 is 5.69 Å². The molecule has 0 bridgehead atoms. The average molecular weight is 165 g/mol. The molecule has 0 radical (unpaired) electrons. The zero-order chi connectivity index (χ0) is 8.39. The minimum absolute atomic E-state index is 0.116. The molecule has 0 unspecified atom stereocenters. The van der Waals surface area contributed by atoms with Crippen LogP contribution in [0.4, 0.5) is 10.1 Å². The summed E-state index contributed by atoms with van der Waals surface area (Å²) in [5.74, 6) is -0.116. The lowest BCUT2D eigenvalue weighted by Gasteiger charge is -2.07. The first-order valence-electron chi connectivity index (χ1n) is 4.39. The predicted molar refractivity (Wildman–Crippen MR) is 47.8 cm³/mol. The van der Waals surface area contributed by atoms with E-state index in [1.807, 2.05) is 6.07 Å². The molecule has 2 rings (SSSR count). The van der Waals surface area contributed by atoms with Gasteiger partial charge in [-0.1, -0.05) is 12.1 Å². The summed E-state index contributed by atoms with van der Waals surface area (Å²) in [6, 6.07) is 5.29. The maximum absolute atomic E-state index is 13.2. The fourth-order valence-corrected chi connectivity index (χ4v) is 1.63. The third-order valence-corrected chi connectivity index (χ3v) is 2.27. The molecule has 64 valence electrons. The van der Waals surface area contributed by atoms with Gasteiger partial charge in [0.05, 0.1) is 5.69 Å². The van der Waals surface area contributed by atoms with Gasteiger partial charge in [-0.3, -0.25) is 0 Å². The Morgan fingerprint density at radius 1 is 1.25 bits per heavy atom. The first-order chi connectivity index (χ1) is 5.88. The molecule has 0 fully saturated rings. The summed E-state index contributed by atoms with van der Waals surface area (Å²) in [5.41, 5.74) is 1.84. The van der Waals surface area contributed by atoms with Gasteiger partial charge in [-0.05, 0) is 30.9 Å². The van der Waals surface area contributed by atoms with Gasteiger partial charge in [-0.2, -0.15) is 0 Å². The lowest BCUT2D eigenvalue weighted by atomic mass is 10.1. The van der Waals surface area contributed by atoms with Crippen molar-refractivity contribution in [1.82, 2.24) is 0 Å². The Labute approximate surface area is 71.6 Å². The van der Waals surface area contributed by atoms with Crippen LogP contribution < -0.4 is 5.32 Å². The van der Waals surface area contributed by atoms with E-state index in [0.29, 0.717) is 0 Å². The second kappa shape index (κ2) is 3.13. The van der Waals surface area contributed by atoms with Gasteiger partial charge in [0, 0.05) is 6.54 Å². The summed E-state index contributed by atoms with van der Waals surface area (Å²) in [6.07, 6.45) is 3.29. The molecule has 1 heterocycles. The Balaban J connectivity index is 2.42. The fourth-order valence-electron chi connectivity index (χ4n) is 1.63. The van der Waals surface area contributed by atoms with E-state index in [2.05, 4.69) is 5.32 Å². The zero-order valence-corrected chi connectivity index (χ0v) is 6.94. The molecule has 2 heteroatoms. The lowest BCUT2D eigenvalue weighted by Crippen LogP contribution is -2.01. The molecule has 12 heavy (non-hydrogen) atoms. The van der Waals surface area contributed by atoms with Gasteiger partial charge in [0.25, 0.3) is 0 Å². The predicted octanol–water partition coefficient (Wildman–Crippen LogP) is 2.57. The molecule has 1 aromatic rings. The van der Waals surface area contributed by atoms with Gasteiger partial charge in [0.2, 0.25) is 0 Å². The number of halogens is 1. The molecule has 0 aliphatic carbocycles. The smallest absolute Gasteiger partial charge is 0.146 e. The van der Waals surface area contributed by atoms with E-state index in [1.54, 1.807) is 6.07 Å². The van der Waals surface area contributed by atoms with Gasteiger partial charge in [-0.15, -0.1) is 0 Å². The third-order valence-electron chi connectivity index (χ3n) is 2.27. The monoisotopic (exact) mass is 165 g/mol. The number of rotatable bonds is 0. The van der Waals surface area contributed by atoms with Crippen molar-refractivity contribution in [3.05, 3.63) is 29.6 Å². The van der Waals surface area contributed by atoms with Crippen LogP contribution in [0.1, 0.15) is 18.4 Å². The van der Waals surface area contributed by atoms with E-state index in [0.717, 1.165) is 37.1 Å². The highest BCUT2D eigenvalue weighted by Gasteiger charge is 2.09. The van der Waals surface area contributed by atoms with E-state index in [4.69, 9.17) is 0 Å². The average Bonchev–Trinajstić information content (AvgIpc) is 2.30. The molecule has 1 aliphatic rings. The molecule has 1 nitrogen and oxygen atoms in total. The van der Waals surface area contributed by atoms with E-state index < -0.39 is 0 Å². The second-order valence-electron chi connectivity index (χ2n) is 3.16. The Bertz CT molecular complexity index is 283. The molecule has 1 aromatic carbocycles. The van der Waals surface area contributed by atoms with Crippen molar-refractivity contribution in [2.75, 3.05) is 11.9 Å². The number of aryl methyl sites for hydroxylation is 1. The topological polar surface area (TPSA) is 12.0 Å². The molecule has 0 amide bonds. The number of nitrogens with one attached hydrogen (secondary N) is 1. The van der Waals surface area contributed by atoms with Crippen molar-refractivity contribution < 1.29 is 4.39 Å². The van der Waals surface area contributed by atoms with Crippen LogP contribution >= 0.6 is 0 Å². The van der Waals surface area contributed by atoms with Gasteiger partial charge >= 0.3 is 0 Å². The number of benzene rings is 1. The summed E-state index contributed by atoms with van der Waals surface area (Å²) >= 11 is 0. The molecule has 1 N–H and O–H groups in total.